The second-order valence-electron chi connectivity index (χ2n) is 9.63. The Labute approximate surface area is 224 Å². The van der Waals surface area contributed by atoms with Crippen molar-refractivity contribution >= 4 is 40.7 Å². The van der Waals surface area contributed by atoms with Crippen molar-refractivity contribution in [1.82, 2.24) is 25.4 Å². The number of aromatic nitrogens is 1. The molecule has 12 heteroatoms. The number of amides is 5. The minimum absolute atomic E-state index is 0.0777. The molecule has 5 amide bonds. The molecule has 1 aromatic carbocycles. The fourth-order valence-electron chi connectivity index (χ4n) is 4.88. The zero-order chi connectivity index (χ0) is 27.7. The highest BCUT2D eigenvalue weighted by Gasteiger charge is 2.34. The SMILES string of the molecule is CC(=O)N1CCCN(c2ccc3oc(C4NC(=O)NC4=O)cc3n2)CC1.COc1ccc2c(c1)C(=O)N(C)C2. The summed E-state index contributed by atoms with van der Waals surface area (Å²) in [7, 11) is 3.40. The highest BCUT2D eigenvalue weighted by molar-refractivity contribution is 6.04. The Hall–Kier alpha value is -4.61. The Morgan fingerprint density at radius 1 is 1.08 bits per heavy atom. The number of urea groups is 1. The number of nitrogens with zero attached hydrogens (tertiary/aromatic N) is 4. The molecule has 0 radical (unpaired) electrons. The Kier molecular flexibility index (Phi) is 7.09. The second-order valence-corrected chi connectivity index (χ2v) is 9.63. The number of furan rings is 1. The summed E-state index contributed by atoms with van der Waals surface area (Å²) in [6, 6.07) is 9.60. The van der Waals surface area contributed by atoms with Crippen LogP contribution in [0.1, 0.15) is 41.1 Å². The van der Waals surface area contributed by atoms with Crippen LogP contribution in [0.25, 0.3) is 11.1 Å². The average molecular weight is 535 g/mol. The van der Waals surface area contributed by atoms with E-state index < -0.39 is 18.0 Å². The van der Waals surface area contributed by atoms with Crippen LogP contribution in [0.4, 0.5) is 10.6 Å². The molecule has 3 aliphatic rings. The molecule has 3 aromatic rings. The molecule has 204 valence electrons. The van der Waals surface area contributed by atoms with Crippen molar-refractivity contribution in [3.05, 3.63) is 53.3 Å². The number of pyridine rings is 1. The van der Waals surface area contributed by atoms with Crippen LogP contribution in [0.15, 0.2) is 40.8 Å². The third-order valence-electron chi connectivity index (χ3n) is 7.00. The Bertz CT molecular complexity index is 1450. The van der Waals surface area contributed by atoms with E-state index in [1.54, 1.807) is 38.1 Å². The summed E-state index contributed by atoms with van der Waals surface area (Å²) in [6.45, 7) is 5.24. The van der Waals surface area contributed by atoms with E-state index in [9.17, 15) is 19.2 Å². The molecule has 2 N–H and O–H groups in total. The summed E-state index contributed by atoms with van der Waals surface area (Å²) in [4.78, 5) is 56.5. The lowest BCUT2D eigenvalue weighted by atomic mass is 10.1. The van der Waals surface area contributed by atoms with Gasteiger partial charge in [0.2, 0.25) is 5.91 Å². The van der Waals surface area contributed by atoms with Gasteiger partial charge in [-0.2, -0.15) is 0 Å². The number of methoxy groups -OCH3 is 1. The number of anilines is 1. The van der Waals surface area contributed by atoms with Crippen LogP contribution in [-0.4, -0.2) is 78.9 Å². The third kappa shape index (κ3) is 5.35. The minimum atomic E-state index is -0.831. The van der Waals surface area contributed by atoms with Gasteiger partial charge in [-0.05, 0) is 36.2 Å². The zero-order valence-corrected chi connectivity index (χ0v) is 22.0. The van der Waals surface area contributed by atoms with Crippen molar-refractivity contribution in [3.8, 4) is 5.75 Å². The van der Waals surface area contributed by atoms with Crippen LogP contribution in [0.3, 0.4) is 0 Å². The van der Waals surface area contributed by atoms with Gasteiger partial charge in [0, 0.05) is 58.3 Å². The summed E-state index contributed by atoms with van der Waals surface area (Å²) in [6.07, 6.45) is 0.879. The fourth-order valence-corrected chi connectivity index (χ4v) is 4.88. The number of carbonyl (C=O) groups is 4. The summed E-state index contributed by atoms with van der Waals surface area (Å²) in [5.41, 5.74) is 3.02. The summed E-state index contributed by atoms with van der Waals surface area (Å²) >= 11 is 0. The number of benzene rings is 1. The van der Waals surface area contributed by atoms with E-state index in [0.29, 0.717) is 36.5 Å². The Balaban J connectivity index is 0.000000198. The monoisotopic (exact) mass is 534 g/mol. The van der Waals surface area contributed by atoms with Crippen molar-refractivity contribution < 1.29 is 28.3 Å². The highest BCUT2D eigenvalue weighted by Crippen LogP contribution is 2.27. The molecule has 39 heavy (non-hydrogen) atoms. The molecule has 5 heterocycles. The Morgan fingerprint density at radius 3 is 2.62 bits per heavy atom. The van der Waals surface area contributed by atoms with Gasteiger partial charge >= 0.3 is 6.03 Å². The molecule has 0 saturated carbocycles. The molecule has 2 aromatic heterocycles. The van der Waals surface area contributed by atoms with E-state index in [4.69, 9.17) is 9.15 Å². The highest BCUT2D eigenvalue weighted by atomic mass is 16.5. The van der Waals surface area contributed by atoms with Crippen LogP contribution >= 0.6 is 0 Å². The lowest BCUT2D eigenvalue weighted by Gasteiger charge is -2.22. The van der Waals surface area contributed by atoms with Crippen LogP contribution < -0.4 is 20.3 Å². The average Bonchev–Trinajstić information content (AvgIpc) is 3.50. The van der Waals surface area contributed by atoms with Crippen LogP contribution in [0.2, 0.25) is 0 Å². The van der Waals surface area contributed by atoms with Gasteiger partial charge in [0.15, 0.2) is 11.6 Å². The first-order valence-electron chi connectivity index (χ1n) is 12.7. The molecular formula is C27H30N6O6. The number of fused-ring (bicyclic) bond motifs is 2. The van der Waals surface area contributed by atoms with Crippen molar-refractivity contribution in [2.45, 2.75) is 25.9 Å². The van der Waals surface area contributed by atoms with E-state index in [0.717, 1.165) is 42.2 Å². The van der Waals surface area contributed by atoms with Crippen molar-refractivity contribution in [3.63, 3.8) is 0 Å². The van der Waals surface area contributed by atoms with Crippen molar-refractivity contribution in [1.29, 1.82) is 0 Å². The lowest BCUT2D eigenvalue weighted by Crippen LogP contribution is -2.33. The van der Waals surface area contributed by atoms with Gasteiger partial charge in [-0.1, -0.05) is 6.07 Å². The Morgan fingerprint density at radius 2 is 1.90 bits per heavy atom. The van der Waals surface area contributed by atoms with Gasteiger partial charge in [-0.3, -0.25) is 19.7 Å². The molecule has 0 bridgehead atoms. The molecule has 0 aliphatic carbocycles. The van der Waals surface area contributed by atoms with Gasteiger partial charge in [-0.15, -0.1) is 0 Å². The maximum Gasteiger partial charge on any atom is 0.322 e. The first kappa shape index (κ1) is 26.0. The normalized spacial score (nSPS) is 18.8. The van der Waals surface area contributed by atoms with E-state index in [1.807, 2.05) is 29.2 Å². The summed E-state index contributed by atoms with van der Waals surface area (Å²) in [5.74, 6) is 1.62. The number of imide groups is 1. The first-order chi connectivity index (χ1) is 18.7. The predicted octanol–water partition coefficient (Wildman–Crippen LogP) is 2.05. The molecule has 1 unspecified atom stereocenters. The number of rotatable bonds is 3. The topological polar surface area (TPSA) is 137 Å². The predicted molar refractivity (Wildman–Crippen MR) is 141 cm³/mol. The third-order valence-corrected chi connectivity index (χ3v) is 7.00. The van der Waals surface area contributed by atoms with Crippen molar-refractivity contribution in [2.75, 3.05) is 45.2 Å². The fraction of sp³-hybridized carbons (Fsp3) is 0.370. The number of ether oxygens (including phenoxy) is 1. The maximum atomic E-state index is 11.8. The molecule has 2 fully saturated rings. The summed E-state index contributed by atoms with van der Waals surface area (Å²) < 4.78 is 10.7. The standard InChI is InChI=1S/C17H19N5O4.C10H11NO2/c1-10(23)21-5-2-6-22(8-7-21)14-4-3-12-11(18-14)9-13(26-12)15-16(24)20-17(25)19-15;1-11-6-7-3-4-8(13-2)5-9(7)10(11)12/h3-4,9,15H,2,5-8H2,1H3,(H2,19,20,24,25);3-5H,6H2,1-2H3. The molecule has 12 nitrogen and oxygen atoms in total. The van der Waals surface area contributed by atoms with Crippen LogP contribution in [0.5, 0.6) is 5.75 Å². The molecule has 0 spiro atoms. The van der Waals surface area contributed by atoms with Gasteiger partial charge in [0.05, 0.1) is 7.11 Å². The molecule has 6 rings (SSSR count). The lowest BCUT2D eigenvalue weighted by molar-refractivity contribution is -0.128. The van der Waals surface area contributed by atoms with Gasteiger partial charge in [0.25, 0.3) is 11.8 Å². The summed E-state index contributed by atoms with van der Waals surface area (Å²) in [5, 5.41) is 4.70. The van der Waals surface area contributed by atoms with E-state index >= 15 is 0 Å². The van der Waals surface area contributed by atoms with Crippen LogP contribution in [-0.2, 0) is 16.1 Å². The van der Waals surface area contributed by atoms with E-state index in [-0.39, 0.29) is 11.8 Å². The number of hydrogen-bond acceptors (Lipinski definition) is 8. The quantitative estimate of drug-likeness (QED) is 0.487. The molecular weight excluding hydrogens is 504 g/mol. The van der Waals surface area contributed by atoms with Gasteiger partial charge in [-0.25, -0.2) is 9.78 Å². The first-order valence-corrected chi connectivity index (χ1v) is 12.7. The minimum Gasteiger partial charge on any atom is -0.497 e. The van der Waals surface area contributed by atoms with E-state index in [2.05, 4.69) is 20.5 Å². The van der Waals surface area contributed by atoms with Crippen molar-refractivity contribution in [2.24, 2.45) is 0 Å². The second kappa shape index (κ2) is 10.6. The van der Waals surface area contributed by atoms with Gasteiger partial charge in [0.1, 0.15) is 22.8 Å². The zero-order valence-electron chi connectivity index (χ0n) is 22.0. The van der Waals surface area contributed by atoms with E-state index in [1.165, 1.54) is 0 Å². The largest absolute Gasteiger partial charge is 0.497 e. The van der Waals surface area contributed by atoms with Gasteiger partial charge < -0.3 is 29.2 Å². The molecule has 1 atom stereocenters. The number of nitrogens with one attached hydrogen (secondary N) is 2. The molecule has 2 saturated heterocycles. The number of hydrogen-bond donors (Lipinski definition) is 2. The maximum absolute atomic E-state index is 11.8. The number of carbonyl (C=O) groups excluding carboxylic acids is 4. The van der Waals surface area contributed by atoms with Crippen LogP contribution in [0, 0.1) is 0 Å². The molecule has 3 aliphatic heterocycles. The smallest absolute Gasteiger partial charge is 0.322 e.